The molecule has 1 saturated heterocycles. The summed E-state index contributed by atoms with van der Waals surface area (Å²) < 4.78 is 40.7. The Morgan fingerprint density at radius 1 is 1.25 bits per heavy atom. The van der Waals surface area contributed by atoms with Crippen LogP contribution in [0.25, 0.3) is 17.2 Å². The van der Waals surface area contributed by atoms with E-state index >= 15 is 0 Å². The number of aliphatic hydroxyl groups excluding tert-OH is 2. The van der Waals surface area contributed by atoms with E-state index in [1.807, 2.05) is 0 Å². The minimum atomic E-state index is -4.51. The van der Waals surface area contributed by atoms with Crippen LogP contribution >= 0.6 is 0 Å². The van der Waals surface area contributed by atoms with Gasteiger partial charge in [0.25, 0.3) is 0 Å². The minimum absolute atomic E-state index is 0.166. The van der Waals surface area contributed by atoms with Gasteiger partial charge in [-0.2, -0.15) is 13.2 Å². The molecule has 0 bridgehead atoms. The van der Waals surface area contributed by atoms with Crippen LogP contribution < -0.4 is 10.2 Å². The lowest BCUT2D eigenvalue weighted by Crippen LogP contribution is -2.54. The highest BCUT2D eigenvalue weighted by Gasteiger charge is 2.32. The fourth-order valence-electron chi connectivity index (χ4n) is 3.65. The number of aromatic nitrogens is 4. The van der Waals surface area contributed by atoms with Crippen molar-refractivity contribution in [1.29, 1.82) is 0 Å². The summed E-state index contributed by atoms with van der Waals surface area (Å²) in [5.74, 6) is 0.0598. The number of imidazole rings is 1. The number of hydrogen-bond donors (Lipinski definition) is 3. The zero-order valence-electron chi connectivity index (χ0n) is 17.0. The normalized spacial score (nSPS) is 20.4. The second kappa shape index (κ2) is 8.36. The van der Waals surface area contributed by atoms with E-state index in [-0.39, 0.29) is 18.1 Å². The van der Waals surface area contributed by atoms with Crippen molar-refractivity contribution in [3.05, 3.63) is 42.4 Å². The maximum atomic E-state index is 13.1. The number of carbonyl (C=O) groups is 1. The standard InChI is InChI=1S/C20H21F3N6O3/c1-11(30)19(32)26-13-6-14(31)10-28(9-13)17-4-5-24-18(27-17)15-7-25-16-3-2-12(8-29(15)16)20(21,22)23/h2-5,7-8,11,13-14,30-31H,6,9-10H2,1H3,(H,26,32)/t11?,13-,14-/m0/s1. The van der Waals surface area contributed by atoms with Crippen molar-refractivity contribution in [2.45, 2.75) is 37.8 Å². The van der Waals surface area contributed by atoms with Crippen LogP contribution in [0.5, 0.6) is 0 Å². The maximum Gasteiger partial charge on any atom is 0.417 e. The molecule has 3 aromatic heterocycles. The summed E-state index contributed by atoms with van der Waals surface area (Å²) >= 11 is 0. The Bertz CT molecular complexity index is 1130. The molecule has 12 heteroatoms. The second-order valence-corrected chi connectivity index (χ2v) is 7.70. The molecular formula is C20H21F3N6O3. The van der Waals surface area contributed by atoms with Gasteiger partial charge < -0.3 is 20.4 Å². The number of halogens is 3. The van der Waals surface area contributed by atoms with Gasteiger partial charge in [-0.05, 0) is 31.5 Å². The molecule has 4 rings (SSSR count). The van der Waals surface area contributed by atoms with E-state index in [4.69, 9.17) is 0 Å². The van der Waals surface area contributed by atoms with E-state index < -0.39 is 35.9 Å². The number of piperidine rings is 1. The van der Waals surface area contributed by atoms with Crippen LogP contribution in [0.1, 0.15) is 18.9 Å². The molecule has 4 heterocycles. The summed E-state index contributed by atoms with van der Waals surface area (Å²) in [5.41, 5.74) is -0.225. The first-order chi connectivity index (χ1) is 15.1. The fourth-order valence-corrected chi connectivity index (χ4v) is 3.65. The van der Waals surface area contributed by atoms with Crippen molar-refractivity contribution >= 4 is 17.4 Å². The molecule has 3 aromatic rings. The third kappa shape index (κ3) is 4.50. The summed E-state index contributed by atoms with van der Waals surface area (Å²) in [6.45, 7) is 1.93. The topological polar surface area (TPSA) is 116 Å². The number of anilines is 1. The zero-order valence-corrected chi connectivity index (χ0v) is 17.0. The van der Waals surface area contributed by atoms with Gasteiger partial charge in [-0.1, -0.05) is 0 Å². The first-order valence-corrected chi connectivity index (χ1v) is 9.91. The molecule has 1 unspecified atom stereocenters. The van der Waals surface area contributed by atoms with Crippen LogP contribution in [0.4, 0.5) is 19.0 Å². The van der Waals surface area contributed by atoms with Crippen molar-refractivity contribution in [2.75, 3.05) is 18.0 Å². The lowest BCUT2D eigenvalue weighted by atomic mass is 10.0. The minimum Gasteiger partial charge on any atom is -0.391 e. The van der Waals surface area contributed by atoms with Gasteiger partial charge in [0.2, 0.25) is 5.91 Å². The molecule has 0 radical (unpaired) electrons. The number of β-amino-alcohol motifs (C(OH)–C–C–N with tert-alkyl or cyclic N) is 1. The number of hydrogen-bond acceptors (Lipinski definition) is 7. The second-order valence-electron chi connectivity index (χ2n) is 7.70. The predicted molar refractivity (Wildman–Crippen MR) is 108 cm³/mol. The summed E-state index contributed by atoms with van der Waals surface area (Å²) in [6, 6.07) is 3.43. The van der Waals surface area contributed by atoms with E-state index in [2.05, 4.69) is 20.3 Å². The molecule has 0 aromatic carbocycles. The van der Waals surface area contributed by atoms with E-state index in [9.17, 15) is 28.2 Å². The number of nitrogens with zero attached hydrogens (tertiary/aromatic N) is 5. The number of carbonyl (C=O) groups excluding carboxylic acids is 1. The molecule has 3 atom stereocenters. The average molecular weight is 450 g/mol. The number of amides is 1. The van der Waals surface area contributed by atoms with Crippen molar-refractivity contribution in [1.82, 2.24) is 24.7 Å². The summed E-state index contributed by atoms with van der Waals surface area (Å²) in [4.78, 5) is 26.3. The van der Waals surface area contributed by atoms with Crippen LogP contribution in [0.2, 0.25) is 0 Å². The van der Waals surface area contributed by atoms with E-state index in [0.717, 1.165) is 12.3 Å². The third-order valence-corrected chi connectivity index (χ3v) is 5.18. The summed E-state index contributed by atoms with van der Waals surface area (Å²) in [6.07, 6.45) is -2.30. The SMILES string of the molecule is CC(O)C(=O)N[C@H]1C[C@H](O)CN(c2ccnc(-c3cnc4ccc(C(F)(F)F)cn34)n2)C1. The molecule has 32 heavy (non-hydrogen) atoms. The number of aliphatic hydroxyl groups is 2. The predicted octanol–water partition coefficient (Wildman–Crippen LogP) is 1.25. The van der Waals surface area contributed by atoms with Gasteiger partial charge in [-0.25, -0.2) is 15.0 Å². The number of alkyl halides is 3. The highest BCUT2D eigenvalue weighted by Crippen LogP contribution is 2.30. The number of pyridine rings is 1. The van der Waals surface area contributed by atoms with Gasteiger partial charge in [0.05, 0.1) is 17.9 Å². The van der Waals surface area contributed by atoms with Crippen molar-refractivity contribution in [3.63, 3.8) is 0 Å². The van der Waals surface area contributed by atoms with Gasteiger partial charge >= 0.3 is 6.18 Å². The van der Waals surface area contributed by atoms with E-state index in [0.29, 0.717) is 24.4 Å². The highest BCUT2D eigenvalue weighted by molar-refractivity contribution is 5.80. The van der Waals surface area contributed by atoms with Gasteiger partial charge in [-0.15, -0.1) is 0 Å². The molecule has 1 fully saturated rings. The molecule has 0 aliphatic carbocycles. The van der Waals surface area contributed by atoms with Gasteiger partial charge in [0.1, 0.15) is 23.3 Å². The molecule has 9 nitrogen and oxygen atoms in total. The molecule has 3 N–H and O–H groups in total. The number of rotatable bonds is 4. The van der Waals surface area contributed by atoms with Crippen LogP contribution in [-0.2, 0) is 11.0 Å². The first kappa shape index (κ1) is 22.0. The van der Waals surface area contributed by atoms with Crippen LogP contribution in [-0.4, -0.2) is 66.8 Å². The summed E-state index contributed by atoms with van der Waals surface area (Å²) in [5, 5.41) is 22.3. The van der Waals surface area contributed by atoms with Crippen molar-refractivity contribution in [3.8, 4) is 11.5 Å². The maximum absolute atomic E-state index is 13.1. The molecule has 1 amide bonds. The first-order valence-electron chi connectivity index (χ1n) is 9.91. The fraction of sp³-hybridized carbons (Fsp3) is 0.400. The molecule has 1 aliphatic heterocycles. The Hall–Kier alpha value is -3.25. The van der Waals surface area contributed by atoms with Crippen LogP contribution in [0, 0.1) is 0 Å². The average Bonchev–Trinajstić information content (AvgIpc) is 3.16. The van der Waals surface area contributed by atoms with E-state index in [1.165, 1.54) is 29.8 Å². The molecule has 170 valence electrons. The lowest BCUT2D eigenvalue weighted by molar-refractivity contribution is -0.137. The Kier molecular flexibility index (Phi) is 5.73. The lowest BCUT2D eigenvalue weighted by Gasteiger charge is -2.37. The van der Waals surface area contributed by atoms with Crippen molar-refractivity contribution in [2.24, 2.45) is 0 Å². The van der Waals surface area contributed by atoms with E-state index in [1.54, 1.807) is 11.0 Å². The smallest absolute Gasteiger partial charge is 0.391 e. The van der Waals surface area contributed by atoms with Gasteiger partial charge in [0, 0.05) is 31.5 Å². The zero-order chi connectivity index (χ0) is 23.0. The Morgan fingerprint density at radius 3 is 2.75 bits per heavy atom. The largest absolute Gasteiger partial charge is 0.417 e. The number of nitrogens with one attached hydrogen (secondary N) is 1. The third-order valence-electron chi connectivity index (χ3n) is 5.18. The Balaban J connectivity index is 1.63. The number of fused-ring (bicyclic) bond motifs is 1. The molecule has 1 aliphatic rings. The van der Waals surface area contributed by atoms with Crippen LogP contribution in [0.15, 0.2) is 36.8 Å². The van der Waals surface area contributed by atoms with Crippen LogP contribution in [0.3, 0.4) is 0 Å². The quantitative estimate of drug-likeness (QED) is 0.548. The monoisotopic (exact) mass is 450 g/mol. The Labute approximate surface area is 180 Å². The summed E-state index contributed by atoms with van der Waals surface area (Å²) in [7, 11) is 0. The Morgan fingerprint density at radius 2 is 2.03 bits per heavy atom. The molecular weight excluding hydrogens is 429 g/mol. The molecule has 0 saturated carbocycles. The van der Waals surface area contributed by atoms with Gasteiger partial charge in [0.15, 0.2) is 5.82 Å². The highest BCUT2D eigenvalue weighted by atomic mass is 19.4. The molecule has 0 spiro atoms. The van der Waals surface area contributed by atoms with Crippen molar-refractivity contribution < 1.29 is 28.2 Å². The van der Waals surface area contributed by atoms with Gasteiger partial charge in [-0.3, -0.25) is 9.20 Å².